The maximum atomic E-state index is 11.9. The Labute approximate surface area is 210 Å². The molecule has 194 valence electrons. The third-order valence-corrected chi connectivity index (χ3v) is 14.1. The average Bonchev–Trinajstić information content (AvgIpc) is 3.08. The number of esters is 1. The molecule has 5 fully saturated rings. The van der Waals surface area contributed by atoms with Crippen LogP contribution in [0.2, 0.25) is 0 Å². The van der Waals surface area contributed by atoms with Crippen LogP contribution >= 0.6 is 0 Å². The number of fused-ring (bicyclic) bond motifs is 7. The lowest BCUT2D eigenvalue weighted by atomic mass is 9.32. The summed E-state index contributed by atoms with van der Waals surface area (Å²) in [5.74, 6) is 5.00. The van der Waals surface area contributed by atoms with Crippen molar-refractivity contribution >= 4 is 5.97 Å². The number of hydrogen-bond acceptors (Lipinski definition) is 2. The van der Waals surface area contributed by atoms with Crippen LogP contribution in [-0.4, -0.2) is 12.1 Å². The Balaban J connectivity index is 1.48. The molecular formula is C32H54O2. The Bertz CT molecular complexity index is 829. The van der Waals surface area contributed by atoms with Crippen LogP contribution in [0.1, 0.15) is 127 Å². The van der Waals surface area contributed by atoms with Gasteiger partial charge in [0.15, 0.2) is 0 Å². The van der Waals surface area contributed by atoms with Crippen LogP contribution in [0.4, 0.5) is 0 Å². The molecule has 0 saturated heterocycles. The highest BCUT2D eigenvalue weighted by Gasteiger charge is 2.71. The van der Waals surface area contributed by atoms with Crippen molar-refractivity contribution in [2.75, 3.05) is 0 Å². The van der Waals surface area contributed by atoms with Gasteiger partial charge < -0.3 is 4.74 Å². The lowest BCUT2D eigenvalue weighted by Crippen LogP contribution is -2.67. The summed E-state index contributed by atoms with van der Waals surface area (Å²) in [4.78, 5) is 11.9. The van der Waals surface area contributed by atoms with E-state index in [0.717, 1.165) is 36.0 Å². The predicted molar refractivity (Wildman–Crippen MR) is 140 cm³/mol. The first-order valence-electron chi connectivity index (χ1n) is 14.9. The van der Waals surface area contributed by atoms with Crippen LogP contribution in [0.25, 0.3) is 0 Å². The molecule has 0 aliphatic heterocycles. The van der Waals surface area contributed by atoms with Gasteiger partial charge in [-0.15, -0.1) is 0 Å². The average molecular weight is 471 g/mol. The second kappa shape index (κ2) is 7.74. The van der Waals surface area contributed by atoms with Crippen molar-refractivity contribution in [2.45, 2.75) is 133 Å². The third-order valence-electron chi connectivity index (χ3n) is 14.1. The zero-order valence-corrected chi connectivity index (χ0v) is 23.9. The Kier molecular flexibility index (Phi) is 5.72. The largest absolute Gasteiger partial charge is 0.462 e. The van der Waals surface area contributed by atoms with Crippen molar-refractivity contribution < 1.29 is 9.53 Å². The third kappa shape index (κ3) is 3.08. The Hall–Kier alpha value is -0.530. The van der Waals surface area contributed by atoms with E-state index in [1.54, 1.807) is 6.92 Å². The van der Waals surface area contributed by atoms with E-state index in [9.17, 15) is 4.79 Å². The summed E-state index contributed by atoms with van der Waals surface area (Å²) in [5.41, 5.74) is 1.90. The van der Waals surface area contributed by atoms with Crippen molar-refractivity contribution in [1.29, 1.82) is 0 Å². The minimum Gasteiger partial charge on any atom is -0.462 e. The summed E-state index contributed by atoms with van der Waals surface area (Å²) in [7, 11) is 0. The number of ether oxygens (including phenoxy) is 1. The fourth-order valence-electron chi connectivity index (χ4n) is 12.4. The second-order valence-corrected chi connectivity index (χ2v) is 15.7. The normalized spacial score (nSPS) is 53.9. The van der Waals surface area contributed by atoms with Gasteiger partial charge in [-0.2, -0.15) is 0 Å². The number of carbonyl (C=O) groups is 1. The van der Waals surface area contributed by atoms with Gasteiger partial charge in [0.2, 0.25) is 0 Å². The van der Waals surface area contributed by atoms with Crippen molar-refractivity contribution in [3.63, 3.8) is 0 Å². The molecule has 2 nitrogen and oxygen atoms in total. The maximum Gasteiger partial charge on any atom is 0.302 e. The van der Waals surface area contributed by atoms with Crippen molar-refractivity contribution in [2.24, 2.45) is 62.6 Å². The predicted octanol–water partition coefficient (Wildman–Crippen LogP) is 8.68. The van der Waals surface area contributed by atoms with E-state index in [1.165, 1.54) is 57.8 Å². The van der Waals surface area contributed by atoms with Crippen molar-refractivity contribution in [3.05, 3.63) is 0 Å². The molecule has 5 aliphatic rings. The van der Waals surface area contributed by atoms with Crippen LogP contribution in [-0.2, 0) is 9.53 Å². The smallest absolute Gasteiger partial charge is 0.302 e. The molecule has 0 spiro atoms. The summed E-state index contributed by atoms with van der Waals surface area (Å²) >= 11 is 0. The van der Waals surface area contributed by atoms with Gasteiger partial charge >= 0.3 is 5.97 Å². The van der Waals surface area contributed by atoms with Crippen LogP contribution in [0.3, 0.4) is 0 Å². The topological polar surface area (TPSA) is 26.3 Å². The number of rotatable bonds is 2. The molecular weight excluding hydrogens is 416 g/mol. The summed E-state index contributed by atoms with van der Waals surface area (Å²) in [6.07, 6.45) is 13.8. The first kappa shape index (κ1) is 25.1. The van der Waals surface area contributed by atoms with Crippen LogP contribution < -0.4 is 0 Å². The monoisotopic (exact) mass is 470 g/mol. The minimum absolute atomic E-state index is 0.0668. The van der Waals surface area contributed by atoms with E-state index in [4.69, 9.17) is 4.74 Å². The fourth-order valence-corrected chi connectivity index (χ4v) is 12.4. The highest BCUT2D eigenvalue weighted by Crippen LogP contribution is 2.78. The van der Waals surface area contributed by atoms with Gasteiger partial charge in [-0.25, -0.2) is 0 Å². The maximum absolute atomic E-state index is 11.9. The molecule has 0 bridgehead atoms. The van der Waals surface area contributed by atoms with Crippen LogP contribution in [0.15, 0.2) is 0 Å². The Morgan fingerprint density at radius 2 is 1.26 bits per heavy atom. The molecule has 0 heterocycles. The van der Waals surface area contributed by atoms with Gasteiger partial charge in [0.1, 0.15) is 6.10 Å². The van der Waals surface area contributed by atoms with Gasteiger partial charge in [0, 0.05) is 12.3 Å². The van der Waals surface area contributed by atoms with E-state index < -0.39 is 0 Å². The zero-order chi connectivity index (χ0) is 24.9. The Morgan fingerprint density at radius 3 is 1.85 bits per heavy atom. The van der Waals surface area contributed by atoms with Gasteiger partial charge in [0.05, 0.1) is 0 Å². The summed E-state index contributed by atoms with van der Waals surface area (Å²) in [6.45, 7) is 22.3. The molecule has 0 unspecified atom stereocenters. The second-order valence-electron chi connectivity index (χ2n) is 15.7. The van der Waals surface area contributed by atoms with E-state index in [2.05, 4.69) is 55.4 Å². The lowest BCUT2D eigenvalue weighted by molar-refractivity contribution is -0.253. The summed E-state index contributed by atoms with van der Waals surface area (Å²) in [6, 6.07) is 0. The quantitative estimate of drug-likeness (QED) is 0.377. The van der Waals surface area contributed by atoms with E-state index >= 15 is 0 Å². The van der Waals surface area contributed by atoms with Gasteiger partial charge in [-0.3, -0.25) is 4.79 Å². The lowest BCUT2D eigenvalue weighted by Gasteiger charge is -2.73. The van der Waals surface area contributed by atoms with Gasteiger partial charge in [0.25, 0.3) is 0 Å². The summed E-state index contributed by atoms with van der Waals surface area (Å²) in [5, 5.41) is 0. The van der Waals surface area contributed by atoms with E-state index in [1.807, 2.05) is 0 Å². The standard InChI is InChI=1S/C32H54O2/c1-20(2)22-12-16-29(6)23(22)13-18-31(8)25(29)10-11-26-30(7)17-15-27(34-21(3)33)28(4,5)24(30)14-19-32(26,31)9/h20,22-27H,10-19H2,1-9H3/t22-,23+,24+,25-,26-,27-,29+,30+,31-,32-/m1/s1. The fraction of sp³-hybridized carbons (Fsp3) is 0.969. The first-order valence-corrected chi connectivity index (χ1v) is 14.9. The molecule has 5 rings (SSSR count). The molecule has 0 radical (unpaired) electrons. The zero-order valence-electron chi connectivity index (χ0n) is 23.9. The van der Waals surface area contributed by atoms with Crippen molar-refractivity contribution in [1.82, 2.24) is 0 Å². The van der Waals surface area contributed by atoms with Crippen molar-refractivity contribution in [3.8, 4) is 0 Å². The first-order chi connectivity index (χ1) is 15.7. The number of hydrogen-bond donors (Lipinski definition) is 0. The molecule has 0 amide bonds. The van der Waals surface area contributed by atoms with Gasteiger partial charge in [-0.05, 0) is 121 Å². The minimum atomic E-state index is -0.100. The molecule has 34 heavy (non-hydrogen) atoms. The van der Waals surface area contributed by atoms with Crippen LogP contribution in [0.5, 0.6) is 0 Å². The molecule has 0 aromatic carbocycles. The van der Waals surface area contributed by atoms with Crippen LogP contribution in [0, 0.1) is 62.6 Å². The molecule has 2 heteroatoms. The Morgan fingerprint density at radius 1 is 0.706 bits per heavy atom. The SMILES string of the molecule is CC(=O)O[C@@H]1CC[C@]2(C)[C@H]3CC[C@@H]4[C@@]5(C)CC[C@H](C(C)C)[C@@H]5CC[C@@]4(C)[C@]3(C)CC[C@H]2C1(C)C. The number of carbonyl (C=O) groups excluding carboxylic acids is 1. The molecule has 5 aliphatic carbocycles. The highest BCUT2D eigenvalue weighted by atomic mass is 16.5. The van der Waals surface area contributed by atoms with E-state index in [0.29, 0.717) is 27.6 Å². The molecule has 0 N–H and O–H groups in total. The molecule has 5 saturated carbocycles. The highest BCUT2D eigenvalue weighted by molar-refractivity contribution is 5.66. The molecule has 0 aromatic rings. The van der Waals surface area contributed by atoms with E-state index in [-0.39, 0.29) is 17.5 Å². The molecule has 10 atom stereocenters. The van der Waals surface area contributed by atoms with Gasteiger partial charge in [-0.1, -0.05) is 55.4 Å². The summed E-state index contributed by atoms with van der Waals surface area (Å²) < 4.78 is 5.92. The molecule has 0 aromatic heterocycles.